The molecule has 0 spiro atoms. The molecule has 5 nitrogen and oxygen atoms in total. The fourth-order valence-corrected chi connectivity index (χ4v) is 2.20. The zero-order chi connectivity index (χ0) is 14.0. The summed E-state index contributed by atoms with van der Waals surface area (Å²) in [6, 6.07) is 6.51. The summed E-state index contributed by atoms with van der Waals surface area (Å²) in [7, 11) is -1.68. The first-order chi connectivity index (χ1) is 8.15. The van der Waals surface area contributed by atoms with Gasteiger partial charge in [0.15, 0.2) is 0 Å². The normalized spacial score (nSPS) is 12.5. The lowest BCUT2D eigenvalue weighted by molar-refractivity contribution is 0.385. The van der Waals surface area contributed by atoms with Crippen molar-refractivity contribution >= 4 is 15.7 Å². The SMILES string of the molecule is CN(CC(C)(C)CN)c1ccc(S(N)(=O)=O)cc1. The first-order valence-corrected chi connectivity index (χ1v) is 7.24. The highest BCUT2D eigenvalue weighted by Gasteiger charge is 2.18. The quantitative estimate of drug-likeness (QED) is 0.827. The Kier molecular flexibility index (Phi) is 4.37. The number of benzene rings is 1. The Hall–Kier alpha value is -1.11. The van der Waals surface area contributed by atoms with Gasteiger partial charge in [0.1, 0.15) is 0 Å². The molecule has 1 aromatic rings. The molecule has 4 N–H and O–H groups in total. The largest absolute Gasteiger partial charge is 0.374 e. The van der Waals surface area contributed by atoms with Crippen LogP contribution in [0.3, 0.4) is 0 Å². The monoisotopic (exact) mass is 271 g/mol. The van der Waals surface area contributed by atoms with Crippen LogP contribution in [0.2, 0.25) is 0 Å². The molecule has 0 fully saturated rings. The minimum Gasteiger partial charge on any atom is -0.374 e. The molecule has 0 saturated carbocycles. The molecule has 1 aromatic carbocycles. The zero-order valence-corrected chi connectivity index (χ0v) is 11.9. The molecule has 0 bridgehead atoms. The standard InChI is InChI=1S/C12H21N3O2S/c1-12(2,8-13)9-15(3)10-4-6-11(7-5-10)18(14,16)17/h4-7H,8-9,13H2,1-3H3,(H2,14,16,17). The maximum atomic E-state index is 11.1. The van der Waals surface area contributed by atoms with Gasteiger partial charge in [-0.1, -0.05) is 13.8 Å². The van der Waals surface area contributed by atoms with E-state index >= 15 is 0 Å². The predicted molar refractivity (Wildman–Crippen MR) is 73.9 cm³/mol. The Balaban J connectivity index is 2.86. The van der Waals surface area contributed by atoms with Crippen molar-refractivity contribution in [2.24, 2.45) is 16.3 Å². The van der Waals surface area contributed by atoms with E-state index < -0.39 is 10.0 Å². The number of hydrogen-bond acceptors (Lipinski definition) is 4. The van der Waals surface area contributed by atoms with Crippen LogP contribution >= 0.6 is 0 Å². The Morgan fingerprint density at radius 1 is 1.22 bits per heavy atom. The second-order valence-corrected chi connectivity index (χ2v) is 6.82. The molecular weight excluding hydrogens is 250 g/mol. The van der Waals surface area contributed by atoms with Crippen LogP contribution in [-0.4, -0.2) is 28.6 Å². The summed E-state index contributed by atoms with van der Waals surface area (Å²) in [5, 5.41) is 5.05. The summed E-state index contributed by atoms with van der Waals surface area (Å²) in [4.78, 5) is 2.16. The van der Waals surface area contributed by atoms with Gasteiger partial charge in [-0.05, 0) is 36.2 Å². The highest BCUT2D eigenvalue weighted by Crippen LogP contribution is 2.21. The van der Waals surface area contributed by atoms with Crippen LogP contribution in [0.4, 0.5) is 5.69 Å². The maximum Gasteiger partial charge on any atom is 0.238 e. The second-order valence-electron chi connectivity index (χ2n) is 5.26. The fraction of sp³-hybridized carbons (Fsp3) is 0.500. The van der Waals surface area contributed by atoms with Crippen LogP contribution in [0.25, 0.3) is 0 Å². The fourth-order valence-electron chi connectivity index (χ4n) is 1.69. The minimum atomic E-state index is -3.62. The Morgan fingerprint density at radius 2 is 1.72 bits per heavy atom. The number of nitrogens with zero attached hydrogens (tertiary/aromatic N) is 1. The van der Waals surface area contributed by atoms with Crippen molar-refractivity contribution in [2.45, 2.75) is 18.7 Å². The third-order valence-electron chi connectivity index (χ3n) is 2.82. The van der Waals surface area contributed by atoms with Crippen LogP contribution in [0.5, 0.6) is 0 Å². The van der Waals surface area contributed by atoms with E-state index in [-0.39, 0.29) is 10.3 Å². The van der Waals surface area contributed by atoms with E-state index in [2.05, 4.69) is 13.8 Å². The maximum absolute atomic E-state index is 11.1. The number of primary sulfonamides is 1. The average Bonchev–Trinajstić information content (AvgIpc) is 2.27. The molecule has 102 valence electrons. The topological polar surface area (TPSA) is 89.4 Å². The van der Waals surface area contributed by atoms with Crippen molar-refractivity contribution in [3.05, 3.63) is 24.3 Å². The molecule has 0 aromatic heterocycles. The first-order valence-electron chi connectivity index (χ1n) is 5.70. The van der Waals surface area contributed by atoms with E-state index in [1.54, 1.807) is 12.1 Å². The van der Waals surface area contributed by atoms with Gasteiger partial charge >= 0.3 is 0 Å². The van der Waals surface area contributed by atoms with Gasteiger partial charge in [-0.15, -0.1) is 0 Å². The molecule has 18 heavy (non-hydrogen) atoms. The molecule has 0 saturated heterocycles. The van der Waals surface area contributed by atoms with Crippen molar-refractivity contribution in [1.82, 2.24) is 0 Å². The van der Waals surface area contributed by atoms with Gasteiger partial charge in [0.05, 0.1) is 4.90 Å². The third-order valence-corrected chi connectivity index (χ3v) is 3.75. The molecular formula is C12H21N3O2S. The molecule has 0 aliphatic carbocycles. The lowest BCUT2D eigenvalue weighted by Gasteiger charge is -2.30. The molecule has 0 heterocycles. The molecule has 0 amide bonds. The zero-order valence-electron chi connectivity index (χ0n) is 11.1. The van der Waals surface area contributed by atoms with Crippen molar-refractivity contribution < 1.29 is 8.42 Å². The molecule has 6 heteroatoms. The number of nitrogens with two attached hydrogens (primary N) is 2. The highest BCUT2D eigenvalue weighted by atomic mass is 32.2. The van der Waals surface area contributed by atoms with Crippen LogP contribution in [-0.2, 0) is 10.0 Å². The summed E-state index contributed by atoms with van der Waals surface area (Å²) in [5.41, 5.74) is 6.63. The van der Waals surface area contributed by atoms with E-state index in [9.17, 15) is 8.42 Å². The number of hydrogen-bond donors (Lipinski definition) is 2. The Bertz CT molecular complexity index is 495. The summed E-state index contributed by atoms with van der Waals surface area (Å²) in [5.74, 6) is 0. The average molecular weight is 271 g/mol. The Labute approximate surface area is 109 Å². The van der Waals surface area contributed by atoms with Crippen LogP contribution < -0.4 is 15.8 Å². The summed E-state index contributed by atoms with van der Waals surface area (Å²) in [6.07, 6.45) is 0. The predicted octanol–water partition coefficient (Wildman–Crippen LogP) is 0.755. The van der Waals surface area contributed by atoms with E-state index in [1.807, 2.05) is 11.9 Å². The first kappa shape index (κ1) is 14.9. The van der Waals surface area contributed by atoms with Crippen LogP contribution in [0.15, 0.2) is 29.2 Å². The molecule has 0 unspecified atom stereocenters. The number of rotatable bonds is 5. The molecule has 0 atom stereocenters. The lowest BCUT2D eigenvalue weighted by Crippen LogP contribution is -2.36. The lowest BCUT2D eigenvalue weighted by atomic mass is 9.93. The van der Waals surface area contributed by atoms with E-state index in [4.69, 9.17) is 10.9 Å². The summed E-state index contributed by atoms with van der Waals surface area (Å²) >= 11 is 0. The van der Waals surface area contributed by atoms with Gasteiger partial charge in [-0.3, -0.25) is 0 Å². The molecule has 0 radical (unpaired) electrons. The van der Waals surface area contributed by atoms with Gasteiger partial charge in [0.25, 0.3) is 0 Å². The van der Waals surface area contributed by atoms with Gasteiger partial charge in [-0.2, -0.15) is 0 Å². The van der Waals surface area contributed by atoms with Crippen molar-refractivity contribution in [1.29, 1.82) is 0 Å². The minimum absolute atomic E-state index is 0.00731. The van der Waals surface area contributed by atoms with Crippen molar-refractivity contribution in [3.8, 4) is 0 Å². The van der Waals surface area contributed by atoms with Gasteiger partial charge in [0.2, 0.25) is 10.0 Å². The van der Waals surface area contributed by atoms with E-state index in [0.717, 1.165) is 12.2 Å². The van der Waals surface area contributed by atoms with Crippen molar-refractivity contribution in [2.75, 3.05) is 25.0 Å². The Morgan fingerprint density at radius 3 is 2.11 bits per heavy atom. The van der Waals surface area contributed by atoms with Crippen molar-refractivity contribution in [3.63, 3.8) is 0 Å². The van der Waals surface area contributed by atoms with Gasteiger partial charge in [0, 0.05) is 19.3 Å². The summed E-state index contributed by atoms with van der Waals surface area (Å²) in [6.45, 7) is 5.55. The summed E-state index contributed by atoms with van der Waals surface area (Å²) < 4.78 is 22.3. The smallest absolute Gasteiger partial charge is 0.238 e. The van der Waals surface area contributed by atoms with Gasteiger partial charge < -0.3 is 10.6 Å². The van der Waals surface area contributed by atoms with Gasteiger partial charge in [-0.25, -0.2) is 13.6 Å². The van der Waals surface area contributed by atoms with Crippen LogP contribution in [0.1, 0.15) is 13.8 Å². The number of sulfonamides is 1. The van der Waals surface area contributed by atoms with E-state index in [1.165, 1.54) is 12.1 Å². The van der Waals surface area contributed by atoms with Crippen LogP contribution in [0, 0.1) is 5.41 Å². The highest BCUT2D eigenvalue weighted by molar-refractivity contribution is 7.89. The molecule has 1 rings (SSSR count). The second kappa shape index (κ2) is 5.26. The molecule has 0 aliphatic heterocycles. The molecule has 0 aliphatic rings. The number of anilines is 1. The van der Waals surface area contributed by atoms with E-state index in [0.29, 0.717) is 6.54 Å². The third kappa shape index (κ3) is 3.97.